The number of amides is 1. The molecule has 29 heavy (non-hydrogen) atoms. The summed E-state index contributed by atoms with van der Waals surface area (Å²) in [6.07, 6.45) is 2.92. The molecule has 1 amide bonds. The fraction of sp³-hybridized carbons (Fsp3) is 0.304. The first-order valence-corrected chi connectivity index (χ1v) is 11.7. The maximum Gasteiger partial charge on any atom is 0.269 e. The lowest BCUT2D eigenvalue weighted by molar-refractivity contribution is -0.122. The normalized spacial score (nSPS) is 20.1. The number of amidine groups is 1. The summed E-state index contributed by atoms with van der Waals surface area (Å²) in [7, 11) is 2.04. The summed E-state index contributed by atoms with van der Waals surface area (Å²) in [6, 6.07) is 18.7. The van der Waals surface area contributed by atoms with E-state index < -0.39 is 0 Å². The number of rotatable bonds is 6. The molecule has 2 heterocycles. The second kappa shape index (κ2) is 9.09. The van der Waals surface area contributed by atoms with Gasteiger partial charge >= 0.3 is 0 Å². The van der Waals surface area contributed by atoms with Crippen molar-refractivity contribution in [1.82, 2.24) is 4.90 Å². The number of anilines is 1. The molecule has 4 nitrogen and oxygen atoms in total. The number of para-hydroxylation sites is 1. The molecule has 1 saturated heterocycles. The van der Waals surface area contributed by atoms with E-state index in [0.717, 1.165) is 46.6 Å². The molecule has 2 aromatic rings. The van der Waals surface area contributed by atoms with Crippen molar-refractivity contribution in [2.75, 3.05) is 25.0 Å². The van der Waals surface area contributed by atoms with Crippen molar-refractivity contribution in [1.29, 1.82) is 0 Å². The molecule has 0 atom stereocenters. The molecule has 2 aliphatic heterocycles. The van der Waals surface area contributed by atoms with Crippen LogP contribution in [0.5, 0.6) is 0 Å². The van der Waals surface area contributed by atoms with Gasteiger partial charge in [0.2, 0.25) is 0 Å². The Morgan fingerprint density at radius 3 is 2.52 bits per heavy atom. The number of hydrogen-bond acceptors (Lipinski definition) is 5. The van der Waals surface area contributed by atoms with Crippen molar-refractivity contribution < 1.29 is 4.79 Å². The number of carbonyl (C=O) groups excluding carboxylic acids is 1. The predicted molar refractivity (Wildman–Crippen MR) is 124 cm³/mol. The van der Waals surface area contributed by atoms with Crippen LogP contribution in [0.1, 0.15) is 25.3 Å². The van der Waals surface area contributed by atoms with Crippen molar-refractivity contribution in [2.24, 2.45) is 4.99 Å². The molecule has 0 unspecified atom stereocenters. The molecular formula is C23H25N3OS2. The lowest BCUT2D eigenvalue weighted by atomic mass is 10.2. The third kappa shape index (κ3) is 4.23. The highest BCUT2D eigenvalue weighted by Crippen LogP contribution is 2.49. The summed E-state index contributed by atoms with van der Waals surface area (Å²) in [5.74, 6) is 0.0871. The Morgan fingerprint density at radius 1 is 1.00 bits per heavy atom. The minimum absolute atomic E-state index is 0.0871. The van der Waals surface area contributed by atoms with Crippen LogP contribution in [0.2, 0.25) is 0 Å². The van der Waals surface area contributed by atoms with Crippen molar-refractivity contribution in [2.45, 2.75) is 31.1 Å². The Labute approximate surface area is 181 Å². The highest BCUT2D eigenvalue weighted by Gasteiger charge is 2.38. The van der Waals surface area contributed by atoms with Crippen LogP contribution in [0.15, 0.2) is 74.4 Å². The molecule has 0 aromatic heterocycles. The zero-order chi connectivity index (χ0) is 20.2. The number of unbranched alkanes of at least 4 members (excludes halogenated alkanes) is 1. The number of fused-ring (bicyclic) bond motifs is 1. The smallest absolute Gasteiger partial charge is 0.269 e. The van der Waals surface area contributed by atoms with Gasteiger partial charge in [-0.05, 0) is 42.3 Å². The van der Waals surface area contributed by atoms with Gasteiger partial charge in [-0.25, -0.2) is 0 Å². The predicted octanol–water partition coefficient (Wildman–Crippen LogP) is 5.37. The fourth-order valence-corrected chi connectivity index (χ4v) is 5.77. The van der Waals surface area contributed by atoms with E-state index in [1.807, 2.05) is 30.1 Å². The van der Waals surface area contributed by atoms with E-state index in [2.05, 4.69) is 48.2 Å². The Hall–Kier alpha value is -2.18. The quantitative estimate of drug-likeness (QED) is 0.585. The van der Waals surface area contributed by atoms with Gasteiger partial charge in [-0.3, -0.25) is 14.7 Å². The second-order valence-electron chi connectivity index (χ2n) is 7.08. The lowest BCUT2D eigenvalue weighted by Gasteiger charge is -2.16. The standard InChI is InChI=1S/C23H25N3OS2/c1-3-4-16-26-21(27)20(22-25(2)18-12-8-9-13-19(18)28-22)29-23(26)24-15-14-17-10-6-5-7-11-17/h5-13H,3-4,14-16H2,1-2H3. The first-order chi connectivity index (χ1) is 14.2. The summed E-state index contributed by atoms with van der Waals surface area (Å²) >= 11 is 3.20. The van der Waals surface area contributed by atoms with Crippen LogP contribution < -0.4 is 4.90 Å². The number of carbonyl (C=O) groups is 1. The van der Waals surface area contributed by atoms with Gasteiger partial charge in [-0.1, -0.05) is 67.6 Å². The number of hydrogen-bond donors (Lipinski definition) is 0. The van der Waals surface area contributed by atoms with E-state index in [9.17, 15) is 4.79 Å². The molecule has 0 aliphatic carbocycles. The topological polar surface area (TPSA) is 35.9 Å². The first-order valence-electron chi connectivity index (χ1n) is 10.0. The van der Waals surface area contributed by atoms with Gasteiger partial charge in [0, 0.05) is 25.0 Å². The maximum atomic E-state index is 13.3. The van der Waals surface area contributed by atoms with Crippen LogP contribution in [0, 0.1) is 0 Å². The molecule has 0 saturated carbocycles. The number of aliphatic imine (C=N–C) groups is 1. The Balaban J connectivity index is 1.57. The summed E-state index contributed by atoms with van der Waals surface area (Å²) in [5, 5.41) is 1.85. The molecule has 4 rings (SSSR count). The monoisotopic (exact) mass is 423 g/mol. The summed E-state index contributed by atoms with van der Waals surface area (Å²) in [4.78, 5) is 24.1. The summed E-state index contributed by atoms with van der Waals surface area (Å²) in [5.41, 5.74) is 2.43. The van der Waals surface area contributed by atoms with Crippen LogP contribution in [-0.4, -0.2) is 36.1 Å². The maximum absolute atomic E-state index is 13.3. The molecule has 0 bridgehead atoms. The van der Waals surface area contributed by atoms with Gasteiger partial charge in [-0.15, -0.1) is 0 Å². The number of nitrogens with zero attached hydrogens (tertiary/aromatic N) is 3. The van der Waals surface area contributed by atoms with Gasteiger partial charge in [-0.2, -0.15) is 0 Å². The van der Waals surface area contributed by atoms with E-state index >= 15 is 0 Å². The SMILES string of the molecule is CCCCN1C(=O)C(=C2Sc3ccccc3N2C)SC1=NCCc1ccccc1. The van der Waals surface area contributed by atoms with E-state index in [0.29, 0.717) is 6.54 Å². The molecule has 0 N–H and O–H groups in total. The van der Waals surface area contributed by atoms with Crippen LogP contribution >= 0.6 is 23.5 Å². The van der Waals surface area contributed by atoms with Crippen molar-refractivity contribution in [3.05, 3.63) is 70.1 Å². The van der Waals surface area contributed by atoms with Crippen molar-refractivity contribution in [3.63, 3.8) is 0 Å². The molecule has 2 aromatic carbocycles. The van der Waals surface area contributed by atoms with Crippen molar-refractivity contribution in [3.8, 4) is 0 Å². The summed E-state index contributed by atoms with van der Waals surface area (Å²) < 4.78 is 0. The Morgan fingerprint density at radius 2 is 1.76 bits per heavy atom. The van der Waals surface area contributed by atoms with E-state index in [4.69, 9.17) is 4.99 Å². The second-order valence-corrected chi connectivity index (χ2v) is 9.08. The van der Waals surface area contributed by atoms with Gasteiger partial charge in [0.1, 0.15) is 4.91 Å². The van der Waals surface area contributed by atoms with E-state index in [1.54, 1.807) is 11.8 Å². The third-order valence-electron chi connectivity index (χ3n) is 5.02. The largest absolute Gasteiger partial charge is 0.337 e. The zero-order valence-electron chi connectivity index (χ0n) is 16.8. The molecule has 2 aliphatic rings. The molecule has 150 valence electrons. The highest BCUT2D eigenvalue weighted by molar-refractivity contribution is 8.19. The number of thioether (sulfide) groups is 2. The van der Waals surface area contributed by atoms with Crippen LogP contribution in [-0.2, 0) is 11.2 Å². The van der Waals surface area contributed by atoms with Gasteiger partial charge in [0.25, 0.3) is 5.91 Å². The molecule has 6 heteroatoms. The van der Waals surface area contributed by atoms with Crippen LogP contribution in [0.25, 0.3) is 0 Å². The summed E-state index contributed by atoms with van der Waals surface area (Å²) in [6.45, 7) is 3.56. The molecular weight excluding hydrogens is 398 g/mol. The first kappa shape index (κ1) is 20.1. The molecule has 0 radical (unpaired) electrons. The third-order valence-corrected chi connectivity index (χ3v) is 7.49. The van der Waals surface area contributed by atoms with Gasteiger partial charge < -0.3 is 4.90 Å². The van der Waals surface area contributed by atoms with Crippen LogP contribution in [0.4, 0.5) is 5.69 Å². The van der Waals surface area contributed by atoms with Crippen LogP contribution in [0.3, 0.4) is 0 Å². The van der Waals surface area contributed by atoms with Crippen molar-refractivity contribution >= 4 is 40.3 Å². The fourth-order valence-electron chi connectivity index (χ4n) is 3.39. The Kier molecular flexibility index (Phi) is 6.31. The molecule has 1 fully saturated rings. The minimum atomic E-state index is 0.0871. The molecule has 0 spiro atoms. The zero-order valence-corrected chi connectivity index (χ0v) is 18.4. The lowest BCUT2D eigenvalue weighted by Crippen LogP contribution is -2.31. The minimum Gasteiger partial charge on any atom is -0.337 e. The average Bonchev–Trinajstić information content (AvgIpc) is 3.24. The van der Waals surface area contributed by atoms with E-state index in [-0.39, 0.29) is 5.91 Å². The van der Waals surface area contributed by atoms with Gasteiger partial charge in [0.05, 0.1) is 10.7 Å². The highest BCUT2D eigenvalue weighted by atomic mass is 32.2. The average molecular weight is 424 g/mol. The Bertz CT molecular complexity index is 956. The number of benzene rings is 2. The van der Waals surface area contributed by atoms with Gasteiger partial charge in [0.15, 0.2) is 5.17 Å². The van der Waals surface area contributed by atoms with E-state index in [1.165, 1.54) is 22.2 Å².